The standard InChI is InChI=1S/C17H12Br2F2N4OS/c1-25-16(9-2-4-10(18)5-3-9)23-24-17(25)27-8-14(26)22-15-12(19)6-11(20)7-13(15)21/h2-7H,8H2,1H3,(H,22,26). The summed E-state index contributed by atoms with van der Waals surface area (Å²) < 4.78 is 29.8. The van der Waals surface area contributed by atoms with Crippen LogP contribution >= 0.6 is 43.6 Å². The van der Waals surface area contributed by atoms with Crippen molar-refractivity contribution in [2.24, 2.45) is 7.05 Å². The van der Waals surface area contributed by atoms with Crippen molar-refractivity contribution in [3.8, 4) is 11.4 Å². The maximum atomic E-state index is 13.8. The zero-order valence-corrected chi connectivity index (χ0v) is 17.8. The first kappa shape index (κ1) is 20.0. The normalized spacial score (nSPS) is 10.9. The highest BCUT2D eigenvalue weighted by molar-refractivity contribution is 9.10. The lowest BCUT2D eigenvalue weighted by Gasteiger charge is -2.09. The largest absolute Gasteiger partial charge is 0.322 e. The van der Waals surface area contributed by atoms with E-state index in [-0.39, 0.29) is 15.9 Å². The molecule has 0 spiro atoms. The molecule has 0 saturated carbocycles. The Balaban J connectivity index is 1.67. The van der Waals surface area contributed by atoms with E-state index in [0.29, 0.717) is 17.0 Å². The van der Waals surface area contributed by atoms with Crippen LogP contribution in [0, 0.1) is 11.6 Å². The van der Waals surface area contributed by atoms with Crippen LogP contribution in [0.3, 0.4) is 0 Å². The lowest BCUT2D eigenvalue weighted by atomic mass is 10.2. The molecule has 5 nitrogen and oxygen atoms in total. The van der Waals surface area contributed by atoms with Crippen molar-refractivity contribution >= 4 is 55.2 Å². The molecule has 1 aromatic heterocycles. The van der Waals surface area contributed by atoms with Gasteiger partial charge in [-0.3, -0.25) is 4.79 Å². The molecule has 1 amide bonds. The van der Waals surface area contributed by atoms with Crippen LogP contribution in [0.5, 0.6) is 0 Å². The zero-order valence-electron chi connectivity index (χ0n) is 13.8. The summed E-state index contributed by atoms with van der Waals surface area (Å²) in [4.78, 5) is 12.1. The summed E-state index contributed by atoms with van der Waals surface area (Å²) in [6.07, 6.45) is 0. The van der Waals surface area contributed by atoms with Gasteiger partial charge >= 0.3 is 0 Å². The summed E-state index contributed by atoms with van der Waals surface area (Å²) in [5.74, 6) is -1.37. The summed E-state index contributed by atoms with van der Waals surface area (Å²) in [6, 6.07) is 9.41. The molecule has 0 radical (unpaired) electrons. The summed E-state index contributed by atoms with van der Waals surface area (Å²) in [7, 11) is 1.80. The smallest absolute Gasteiger partial charge is 0.234 e. The van der Waals surface area contributed by atoms with Crippen LogP contribution in [-0.2, 0) is 11.8 Å². The Morgan fingerprint density at radius 2 is 1.89 bits per heavy atom. The van der Waals surface area contributed by atoms with Crippen molar-refractivity contribution in [2.75, 3.05) is 11.1 Å². The summed E-state index contributed by atoms with van der Waals surface area (Å²) in [6.45, 7) is 0. The SMILES string of the molecule is Cn1c(SCC(=O)Nc2c(F)cc(F)cc2Br)nnc1-c1ccc(Br)cc1. The number of nitrogens with zero attached hydrogens (tertiary/aromatic N) is 3. The minimum Gasteiger partial charge on any atom is -0.322 e. The van der Waals surface area contributed by atoms with Crippen molar-refractivity contribution in [3.05, 3.63) is 57.0 Å². The van der Waals surface area contributed by atoms with E-state index in [2.05, 4.69) is 47.4 Å². The van der Waals surface area contributed by atoms with E-state index in [1.165, 1.54) is 0 Å². The summed E-state index contributed by atoms with van der Waals surface area (Å²) in [5.41, 5.74) is 0.789. The number of carbonyl (C=O) groups excluding carboxylic acids is 1. The Hall–Kier alpha value is -1.78. The highest BCUT2D eigenvalue weighted by atomic mass is 79.9. The van der Waals surface area contributed by atoms with E-state index >= 15 is 0 Å². The van der Waals surface area contributed by atoms with Gasteiger partial charge < -0.3 is 9.88 Å². The second-order valence-electron chi connectivity index (χ2n) is 5.45. The minimum atomic E-state index is -0.851. The molecule has 0 bridgehead atoms. The number of thioether (sulfide) groups is 1. The quantitative estimate of drug-likeness (QED) is 0.483. The molecule has 3 aromatic rings. The average Bonchev–Trinajstić information content (AvgIpc) is 2.98. The van der Waals surface area contributed by atoms with Crippen LogP contribution in [0.2, 0.25) is 0 Å². The average molecular weight is 518 g/mol. The first-order chi connectivity index (χ1) is 12.8. The van der Waals surface area contributed by atoms with Crippen molar-refractivity contribution < 1.29 is 13.6 Å². The molecule has 27 heavy (non-hydrogen) atoms. The molecule has 0 atom stereocenters. The molecule has 3 rings (SSSR count). The molecule has 0 fully saturated rings. The van der Waals surface area contributed by atoms with Gasteiger partial charge in [-0.05, 0) is 34.1 Å². The number of anilines is 1. The number of hydrogen-bond donors (Lipinski definition) is 1. The van der Waals surface area contributed by atoms with Gasteiger partial charge in [0.25, 0.3) is 0 Å². The Bertz CT molecular complexity index is 972. The highest BCUT2D eigenvalue weighted by Gasteiger charge is 2.16. The zero-order chi connectivity index (χ0) is 19.6. The fourth-order valence-corrected chi connectivity index (χ4v) is 3.74. The molecule has 10 heteroatoms. The first-order valence-electron chi connectivity index (χ1n) is 7.57. The Morgan fingerprint density at radius 3 is 2.56 bits per heavy atom. The van der Waals surface area contributed by atoms with Crippen LogP contribution in [0.1, 0.15) is 0 Å². The number of hydrogen-bond acceptors (Lipinski definition) is 4. The summed E-state index contributed by atoms with van der Waals surface area (Å²) in [5, 5.41) is 11.2. The lowest BCUT2D eigenvalue weighted by Crippen LogP contribution is -2.16. The second kappa shape index (κ2) is 8.49. The van der Waals surface area contributed by atoms with Gasteiger partial charge in [-0.15, -0.1) is 10.2 Å². The molecule has 0 aliphatic carbocycles. The van der Waals surface area contributed by atoms with Gasteiger partial charge in [-0.25, -0.2) is 8.78 Å². The Labute approximate surface area is 174 Å². The van der Waals surface area contributed by atoms with E-state index < -0.39 is 17.5 Å². The third kappa shape index (κ3) is 4.74. The van der Waals surface area contributed by atoms with Crippen molar-refractivity contribution in [3.63, 3.8) is 0 Å². The number of amides is 1. The molecule has 140 valence electrons. The fourth-order valence-electron chi connectivity index (χ4n) is 2.26. The molecule has 1 N–H and O–H groups in total. The third-order valence-corrected chi connectivity index (χ3v) is 5.72. The molecule has 0 aliphatic rings. The van der Waals surface area contributed by atoms with Gasteiger partial charge in [0.1, 0.15) is 5.82 Å². The Morgan fingerprint density at radius 1 is 1.19 bits per heavy atom. The number of rotatable bonds is 5. The van der Waals surface area contributed by atoms with Crippen LogP contribution in [0.4, 0.5) is 14.5 Å². The molecule has 0 unspecified atom stereocenters. The Kier molecular flexibility index (Phi) is 6.28. The van der Waals surface area contributed by atoms with Crippen LogP contribution < -0.4 is 5.32 Å². The van der Waals surface area contributed by atoms with E-state index in [1.54, 1.807) is 11.6 Å². The van der Waals surface area contributed by atoms with Gasteiger partial charge in [0.05, 0.1) is 11.4 Å². The van der Waals surface area contributed by atoms with Gasteiger partial charge in [-0.1, -0.05) is 39.8 Å². The molecule has 0 aliphatic heterocycles. The van der Waals surface area contributed by atoms with E-state index in [0.717, 1.165) is 27.9 Å². The summed E-state index contributed by atoms with van der Waals surface area (Å²) >= 11 is 7.58. The van der Waals surface area contributed by atoms with Crippen molar-refractivity contribution in [1.29, 1.82) is 0 Å². The molecule has 2 aromatic carbocycles. The number of nitrogens with one attached hydrogen (secondary N) is 1. The lowest BCUT2D eigenvalue weighted by molar-refractivity contribution is -0.113. The van der Waals surface area contributed by atoms with E-state index in [1.807, 2.05) is 24.3 Å². The molecular weight excluding hydrogens is 506 g/mol. The fraction of sp³-hybridized carbons (Fsp3) is 0.118. The molecular formula is C17H12Br2F2N4OS. The van der Waals surface area contributed by atoms with Crippen LogP contribution in [0.25, 0.3) is 11.4 Å². The maximum absolute atomic E-state index is 13.8. The van der Waals surface area contributed by atoms with E-state index in [9.17, 15) is 13.6 Å². The molecule has 1 heterocycles. The number of benzene rings is 2. The number of aromatic nitrogens is 3. The predicted octanol–water partition coefficient (Wildman–Crippen LogP) is 5.02. The van der Waals surface area contributed by atoms with Crippen molar-refractivity contribution in [2.45, 2.75) is 5.16 Å². The molecule has 0 saturated heterocycles. The van der Waals surface area contributed by atoms with Crippen LogP contribution in [-0.4, -0.2) is 26.4 Å². The van der Waals surface area contributed by atoms with Gasteiger partial charge in [-0.2, -0.15) is 0 Å². The van der Waals surface area contributed by atoms with Gasteiger partial charge in [0.15, 0.2) is 16.8 Å². The predicted molar refractivity (Wildman–Crippen MR) is 108 cm³/mol. The van der Waals surface area contributed by atoms with Crippen molar-refractivity contribution in [1.82, 2.24) is 14.8 Å². The minimum absolute atomic E-state index is 0.00440. The number of halogens is 4. The topological polar surface area (TPSA) is 59.8 Å². The number of carbonyl (C=O) groups is 1. The highest BCUT2D eigenvalue weighted by Crippen LogP contribution is 2.28. The van der Waals surface area contributed by atoms with Crippen LogP contribution in [0.15, 0.2) is 50.5 Å². The van der Waals surface area contributed by atoms with Gasteiger partial charge in [0.2, 0.25) is 5.91 Å². The first-order valence-corrected chi connectivity index (χ1v) is 10.1. The van der Waals surface area contributed by atoms with Gasteiger partial charge in [0, 0.05) is 27.6 Å². The third-order valence-electron chi connectivity index (χ3n) is 3.54. The monoisotopic (exact) mass is 516 g/mol. The van der Waals surface area contributed by atoms with E-state index in [4.69, 9.17) is 0 Å². The maximum Gasteiger partial charge on any atom is 0.234 e. The second-order valence-corrected chi connectivity index (χ2v) is 8.17.